The Morgan fingerprint density at radius 3 is 2.60 bits per heavy atom. The van der Waals surface area contributed by atoms with Crippen molar-refractivity contribution in [3.05, 3.63) is 0 Å². The Hall–Kier alpha value is -0.120. The molecule has 3 heteroatoms. The first-order valence-corrected chi connectivity index (χ1v) is 8.64. The molecule has 0 radical (unpaired) electrons. The molecule has 1 aliphatic heterocycles. The summed E-state index contributed by atoms with van der Waals surface area (Å²) in [5.74, 6) is 1.90. The average molecular weight is 283 g/mol. The summed E-state index contributed by atoms with van der Waals surface area (Å²) < 4.78 is 0. The monoisotopic (exact) mass is 283 g/mol. The summed E-state index contributed by atoms with van der Waals surface area (Å²) in [5, 5.41) is 20.0. The van der Waals surface area contributed by atoms with Crippen molar-refractivity contribution in [1.29, 1.82) is 0 Å². The molecule has 20 heavy (non-hydrogen) atoms. The van der Waals surface area contributed by atoms with Crippen LogP contribution in [-0.2, 0) is 0 Å². The van der Waals surface area contributed by atoms with Gasteiger partial charge in [-0.15, -0.1) is 0 Å². The van der Waals surface area contributed by atoms with Crippen LogP contribution >= 0.6 is 0 Å². The predicted molar refractivity (Wildman–Crippen MR) is 82.6 cm³/mol. The Labute approximate surface area is 124 Å². The summed E-state index contributed by atoms with van der Waals surface area (Å²) in [5.41, 5.74) is 0. The number of hydrogen-bond donors (Lipinski definition) is 2. The van der Waals surface area contributed by atoms with Gasteiger partial charge in [-0.05, 0) is 56.4 Å². The van der Waals surface area contributed by atoms with Crippen LogP contribution < -0.4 is 0 Å². The summed E-state index contributed by atoms with van der Waals surface area (Å²) in [6, 6.07) is 0.323. The van der Waals surface area contributed by atoms with Crippen LogP contribution in [0.25, 0.3) is 0 Å². The molecule has 2 N–H and O–H groups in total. The van der Waals surface area contributed by atoms with Gasteiger partial charge in [-0.2, -0.15) is 0 Å². The van der Waals surface area contributed by atoms with Crippen molar-refractivity contribution in [2.45, 2.75) is 70.9 Å². The summed E-state index contributed by atoms with van der Waals surface area (Å²) in [6.07, 6.45) is 8.06. The molecule has 1 heterocycles. The zero-order valence-electron chi connectivity index (χ0n) is 13.3. The van der Waals surface area contributed by atoms with Crippen molar-refractivity contribution < 1.29 is 10.2 Å². The summed E-state index contributed by atoms with van der Waals surface area (Å²) in [6.45, 7) is 6.97. The molecule has 118 valence electrons. The standard InChI is InChI=1S/C17H33NO2/c1-13(2)14-7-8-17(20)15(10-14)11-18-9-5-3-4-6-16(18)12-19/h13-17,19-20H,3-12H2,1-2H3. The number of rotatable bonds is 4. The second-order valence-corrected chi connectivity index (χ2v) is 7.33. The van der Waals surface area contributed by atoms with Gasteiger partial charge in [0.25, 0.3) is 0 Å². The Morgan fingerprint density at radius 2 is 1.90 bits per heavy atom. The highest BCUT2D eigenvalue weighted by atomic mass is 16.3. The zero-order valence-corrected chi connectivity index (χ0v) is 13.3. The summed E-state index contributed by atoms with van der Waals surface area (Å²) in [4.78, 5) is 2.46. The van der Waals surface area contributed by atoms with Crippen LogP contribution in [-0.4, -0.2) is 47.0 Å². The maximum atomic E-state index is 10.3. The lowest BCUT2D eigenvalue weighted by Crippen LogP contribution is -2.45. The van der Waals surface area contributed by atoms with Gasteiger partial charge in [-0.3, -0.25) is 4.90 Å². The van der Waals surface area contributed by atoms with E-state index >= 15 is 0 Å². The van der Waals surface area contributed by atoms with E-state index in [4.69, 9.17) is 0 Å². The van der Waals surface area contributed by atoms with Crippen molar-refractivity contribution in [2.24, 2.45) is 17.8 Å². The molecular formula is C17H33NO2. The molecule has 2 aliphatic rings. The topological polar surface area (TPSA) is 43.7 Å². The van der Waals surface area contributed by atoms with E-state index in [9.17, 15) is 10.2 Å². The van der Waals surface area contributed by atoms with E-state index in [0.29, 0.717) is 12.0 Å². The fraction of sp³-hybridized carbons (Fsp3) is 1.00. The average Bonchev–Trinajstić information content (AvgIpc) is 2.66. The Balaban J connectivity index is 1.94. The third-order valence-electron chi connectivity index (χ3n) is 5.60. The molecule has 0 aromatic heterocycles. The maximum Gasteiger partial charge on any atom is 0.0586 e. The molecule has 2 rings (SSSR count). The SMILES string of the molecule is CC(C)C1CCC(O)C(CN2CCCCCC2CO)C1. The van der Waals surface area contributed by atoms with E-state index in [1.54, 1.807) is 0 Å². The third kappa shape index (κ3) is 4.19. The van der Waals surface area contributed by atoms with E-state index in [1.807, 2.05) is 0 Å². The van der Waals surface area contributed by atoms with E-state index < -0.39 is 0 Å². The van der Waals surface area contributed by atoms with E-state index in [0.717, 1.165) is 44.2 Å². The van der Waals surface area contributed by atoms with Crippen LogP contribution in [0.15, 0.2) is 0 Å². The molecule has 3 nitrogen and oxygen atoms in total. The smallest absolute Gasteiger partial charge is 0.0586 e. The fourth-order valence-electron chi connectivity index (χ4n) is 4.07. The number of aliphatic hydroxyl groups is 2. The number of aliphatic hydroxyl groups excluding tert-OH is 2. The highest BCUT2D eigenvalue weighted by molar-refractivity contribution is 4.85. The van der Waals surface area contributed by atoms with Gasteiger partial charge in [0.05, 0.1) is 12.7 Å². The molecule has 0 bridgehead atoms. The zero-order chi connectivity index (χ0) is 14.5. The Bertz CT molecular complexity index is 282. The van der Waals surface area contributed by atoms with E-state index in [1.165, 1.54) is 25.7 Å². The van der Waals surface area contributed by atoms with Crippen LogP contribution in [0.4, 0.5) is 0 Å². The molecule has 1 saturated heterocycles. The van der Waals surface area contributed by atoms with Crippen molar-refractivity contribution in [1.82, 2.24) is 4.90 Å². The van der Waals surface area contributed by atoms with Crippen LogP contribution in [0.3, 0.4) is 0 Å². The van der Waals surface area contributed by atoms with Crippen molar-refractivity contribution >= 4 is 0 Å². The highest BCUT2D eigenvalue weighted by Crippen LogP contribution is 2.35. The minimum absolute atomic E-state index is 0.132. The molecule has 2 fully saturated rings. The fourth-order valence-corrected chi connectivity index (χ4v) is 4.07. The molecule has 0 aromatic rings. The lowest BCUT2D eigenvalue weighted by atomic mass is 9.74. The van der Waals surface area contributed by atoms with Gasteiger partial charge in [-0.1, -0.05) is 26.7 Å². The van der Waals surface area contributed by atoms with Crippen LogP contribution in [0.1, 0.15) is 58.8 Å². The van der Waals surface area contributed by atoms with E-state index in [-0.39, 0.29) is 12.7 Å². The second-order valence-electron chi connectivity index (χ2n) is 7.33. The highest BCUT2D eigenvalue weighted by Gasteiger charge is 2.33. The van der Waals surface area contributed by atoms with Crippen LogP contribution in [0.5, 0.6) is 0 Å². The Morgan fingerprint density at radius 1 is 1.10 bits per heavy atom. The molecule has 4 unspecified atom stereocenters. The van der Waals surface area contributed by atoms with Crippen molar-refractivity contribution in [3.8, 4) is 0 Å². The number of hydrogen-bond acceptors (Lipinski definition) is 3. The summed E-state index contributed by atoms with van der Waals surface area (Å²) in [7, 11) is 0. The Kier molecular flexibility index (Phi) is 6.31. The minimum atomic E-state index is -0.132. The largest absolute Gasteiger partial charge is 0.395 e. The van der Waals surface area contributed by atoms with Gasteiger partial charge in [0.2, 0.25) is 0 Å². The maximum absolute atomic E-state index is 10.3. The van der Waals surface area contributed by atoms with E-state index in [2.05, 4.69) is 18.7 Å². The van der Waals surface area contributed by atoms with Gasteiger partial charge < -0.3 is 10.2 Å². The minimum Gasteiger partial charge on any atom is -0.395 e. The molecular weight excluding hydrogens is 250 g/mol. The number of nitrogens with zero attached hydrogens (tertiary/aromatic N) is 1. The molecule has 1 aliphatic carbocycles. The molecule has 0 aromatic carbocycles. The lowest BCUT2D eigenvalue weighted by Gasteiger charge is -2.39. The van der Waals surface area contributed by atoms with Crippen LogP contribution in [0, 0.1) is 17.8 Å². The van der Waals surface area contributed by atoms with Gasteiger partial charge in [0.15, 0.2) is 0 Å². The normalized spacial score (nSPS) is 37.0. The first-order chi connectivity index (χ1) is 9.61. The molecule has 4 atom stereocenters. The van der Waals surface area contributed by atoms with Gasteiger partial charge in [-0.25, -0.2) is 0 Å². The quantitative estimate of drug-likeness (QED) is 0.833. The van der Waals surface area contributed by atoms with Crippen LogP contribution in [0.2, 0.25) is 0 Å². The van der Waals surface area contributed by atoms with Crippen molar-refractivity contribution in [3.63, 3.8) is 0 Å². The third-order valence-corrected chi connectivity index (χ3v) is 5.60. The molecule has 0 amide bonds. The van der Waals surface area contributed by atoms with Gasteiger partial charge in [0.1, 0.15) is 0 Å². The van der Waals surface area contributed by atoms with Gasteiger partial charge in [0, 0.05) is 12.6 Å². The lowest BCUT2D eigenvalue weighted by molar-refractivity contribution is 0.00499. The number of likely N-dealkylation sites (tertiary alicyclic amines) is 1. The predicted octanol–water partition coefficient (Wildman–Crippen LogP) is 2.66. The van der Waals surface area contributed by atoms with Crippen molar-refractivity contribution in [2.75, 3.05) is 19.7 Å². The second kappa shape index (κ2) is 7.77. The van der Waals surface area contributed by atoms with Gasteiger partial charge >= 0.3 is 0 Å². The molecule has 0 spiro atoms. The first-order valence-electron chi connectivity index (χ1n) is 8.64. The summed E-state index contributed by atoms with van der Waals surface area (Å²) >= 11 is 0. The molecule has 1 saturated carbocycles. The first kappa shape index (κ1) is 16.3.